The molecule has 1 heterocycles. The Labute approximate surface area is 345 Å². The maximum Gasteiger partial charge on any atom is 0.152 e. The molecule has 9 aromatic carbocycles. The third-order valence-corrected chi connectivity index (χ3v) is 13.3. The first kappa shape index (κ1) is 33.9. The van der Waals surface area contributed by atoms with Gasteiger partial charge < -0.3 is 9.64 Å². The van der Waals surface area contributed by atoms with E-state index in [2.05, 4.69) is 213 Å². The van der Waals surface area contributed by atoms with Gasteiger partial charge in [0.05, 0.1) is 11.4 Å². The standard InChI is InChI=1S/C57H41NO/c1-57(2)48-26-14-13-25-45(48)56-41-22-10-9-21-40(41)47(35-49(56)57)55-43-24-12-11-23-42(43)54(36-17-5-3-6-18-36)44-31-29-37(33-46(44)55)38-30-32-51-53(34-38)59-52-28-16-15-27-50(52)58(51)39-19-7-4-8-20-39/h3-35,45,48H,1-2H3. The fraction of sp³-hybridized carbons (Fsp3) is 0.0877. The highest BCUT2D eigenvalue weighted by atomic mass is 16.5. The summed E-state index contributed by atoms with van der Waals surface area (Å²) in [6, 6.07) is 64.3. The van der Waals surface area contributed by atoms with Gasteiger partial charge >= 0.3 is 0 Å². The van der Waals surface area contributed by atoms with Crippen LogP contribution in [0.25, 0.3) is 65.7 Å². The van der Waals surface area contributed by atoms with Crippen LogP contribution in [0.1, 0.15) is 30.9 Å². The Kier molecular flexibility index (Phi) is 7.43. The van der Waals surface area contributed by atoms with Crippen molar-refractivity contribution >= 4 is 49.4 Å². The maximum absolute atomic E-state index is 6.71. The predicted molar refractivity (Wildman–Crippen MR) is 248 cm³/mol. The van der Waals surface area contributed by atoms with Gasteiger partial charge in [-0.2, -0.15) is 0 Å². The Morgan fingerprint density at radius 3 is 1.88 bits per heavy atom. The number of rotatable bonds is 4. The van der Waals surface area contributed by atoms with E-state index < -0.39 is 0 Å². The van der Waals surface area contributed by atoms with Crippen LogP contribution in [0.4, 0.5) is 17.1 Å². The van der Waals surface area contributed by atoms with Gasteiger partial charge in [0.1, 0.15) is 0 Å². The molecule has 59 heavy (non-hydrogen) atoms. The highest BCUT2D eigenvalue weighted by Gasteiger charge is 2.45. The van der Waals surface area contributed by atoms with Crippen molar-refractivity contribution in [1.82, 2.24) is 0 Å². The molecule has 9 aromatic rings. The topological polar surface area (TPSA) is 12.5 Å². The Balaban J connectivity index is 1.13. The van der Waals surface area contributed by atoms with Gasteiger partial charge in [0.25, 0.3) is 0 Å². The predicted octanol–water partition coefficient (Wildman–Crippen LogP) is 15.8. The van der Waals surface area contributed by atoms with E-state index in [0.29, 0.717) is 11.8 Å². The summed E-state index contributed by atoms with van der Waals surface area (Å²) in [5.41, 5.74) is 13.4. The van der Waals surface area contributed by atoms with Crippen LogP contribution in [0.15, 0.2) is 200 Å². The van der Waals surface area contributed by atoms with Gasteiger partial charge in [-0.1, -0.05) is 166 Å². The summed E-state index contributed by atoms with van der Waals surface area (Å²) in [7, 11) is 0. The molecule has 0 saturated heterocycles. The number of anilines is 3. The zero-order valence-corrected chi connectivity index (χ0v) is 33.1. The van der Waals surface area contributed by atoms with E-state index in [1.54, 1.807) is 0 Å². The molecule has 0 bridgehead atoms. The van der Waals surface area contributed by atoms with Crippen LogP contribution in [-0.2, 0) is 5.41 Å². The summed E-state index contributed by atoms with van der Waals surface area (Å²) in [5.74, 6) is 2.46. The van der Waals surface area contributed by atoms with Gasteiger partial charge in [0, 0.05) is 11.6 Å². The Morgan fingerprint density at radius 1 is 0.458 bits per heavy atom. The molecule has 2 nitrogen and oxygen atoms in total. The second-order valence-corrected chi connectivity index (χ2v) is 16.8. The number of hydrogen-bond acceptors (Lipinski definition) is 2. The van der Waals surface area contributed by atoms with E-state index in [9.17, 15) is 0 Å². The summed E-state index contributed by atoms with van der Waals surface area (Å²) in [4.78, 5) is 2.30. The van der Waals surface area contributed by atoms with E-state index in [1.807, 2.05) is 6.07 Å². The van der Waals surface area contributed by atoms with Crippen LogP contribution in [0.3, 0.4) is 0 Å². The molecule has 0 aromatic heterocycles. The first-order chi connectivity index (χ1) is 29.0. The molecule has 0 amide bonds. The minimum Gasteiger partial charge on any atom is -0.453 e. The molecular weight excluding hydrogens is 715 g/mol. The second-order valence-electron chi connectivity index (χ2n) is 16.8. The normalized spacial score (nSPS) is 17.1. The number of para-hydroxylation sites is 3. The molecule has 0 radical (unpaired) electrons. The summed E-state index contributed by atoms with van der Waals surface area (Å²) in [6.07, 6.45) is 9.34. The SMILES string of the molecule is CC1(C)c2cc(-c3c4ccccc4c(-c4ccccc4)c4ccc(-c5ccc6c(c5)Oc5ccccc5N6c5ccccc5)cc34)c3ccccc3c2C2C=CC=CC21. The minimum absolute atomic E-state index is 0.0316. The van der Waals surface area contributed by atoms with Gasteiger partial charge in [-0.05, 0) is 137 Å². The van der Waals surface area contributed by atoms with Crippen LogP contribution in [0.5, 0.6) is 11.5 Å². The van der Waals surface area contributed by atoms with Crippen molar-refractivity contribution in [3.8, 4) is 44.9 Å². The lowest BCUT2D eigenvalue weighted by molar-refractivity contribution is 0.394. The van der Waals surface area contributed by atoms with E-state index in [4.69, 9.17) is 4.74 Å². The molecule has 0 fully saturated rings. The van der Waals surface area contributed by atoms with Gasteiger partial charge in [0.2, 0.25) is 0 Å². The molecule has 0 spiro atoms. The Morgan fingerprint density at radius 2 is 1.07 bits per heavy atom. The maximum atomic E-state index is 6.71. The summed E-state index contributed by atoms with van der Waals surface area (Å²) in [5, 5.41) is 7.67. The van der Waals surface area contributed by atoms with Crippen LogP contribution in [-0.4, -0.2) is 0 Å². The van der Waals surface area contributed by atoms with Gasteiger partial charge in [-0.3, -0.25) is 0 Å². The Hall–Kier alpha value is -7.16. The average Bonchev–Trinajstić information content (AvgIpc) is 3.53. The third kappa shape index (κ3) is 5.06. The van der Waals surface area contributed by atoms with Crippen LogP contribution < -0.4 is 9.64 Å². The van der Waals surface area contributed by atoms with Crippen molar-refractivity contribution in [2.24, 2.45) is 5.92 Å². The zero-order valence-electron chi connectivity index (χ0n) is 33.1. The van der Waals surface area contributed by atoms with Crippen molar-refractivity contribution < 1.29 is 4.74 Å². The lowest BCUT2D eigenvalue weighted by Gasteiger charge is -2.33. The molecule has 0 N–H and O–H groups in total. The highest BCUT2D eigenvalue weighted by Crippen LogP contribution is 2.58. The Bertz CT molecular complexity index is 3230. The molecule has 3 aliphatic rings. The van der Waals surface area contributed by atoms with Crippen molar-refractivity contribution in [2.75, 3.05) is 4.90 Å². The number of ether oxygens (including phenoxy) is 1. The molecule has 2 heteroatoms. The van der Waals surface area contributed by atoms with Gasteiger partial charge in [-0.25, -0.2) is 0 Å². The number of fused-ring (bicyclic) bond motifs is 9. The fourth-order valence-corrected chi connectivity index (χ4v) is 10.6. The first-order valence-electron chi connectivity index (χ1n) is 20.8. The second kappa shape index (κ2) is 12.9. The molecule has 0 saturated carbocycles. The molecule has 280 valence electrons. The quantitative estimate of drug-likeness (QED) is 0.166. The van der Waals surface area contributed by atoms with E-state index in [-0.39, 0.29) is 5.41 Å². The van der Waals surface area contributed by atoms with Gasteiger partial charge in [-0.15, -0.1) is 0 Å². The fourth-order valence-electron chi connectivity index (χ4n) is 10.6. The summed E-state index contributed by atoms with van der Waals surface area (Å²) in [6.45, 7) is 4.89. The van der Waals surface area contributed by atoms with Gasteiger partial charge in [0.15, 0.2) is 11.5 Å². The van der Waals surface area contributed by atoms with Crippen molar-refractivity contribution in [2.45, 2.75) is 25.2 Å². The van der Waals surface area contributed by atoms with E-state index in [0.717, 1.165) is 39.7 Å². The molecule has 2 atom stereocenters. The van der Waals surface area contributed by atoms with Crippen molar-refractivity contribution in [1.29, 1.82) is 0 Å². The number of hydrogen-bond donors (Lipinski definition) is 0. The number of allylic oxidation sites excluding steroid dienone is 4. The van der Waals surface area contributed by atoms with Crippen molar-refractivity contribution in [3.05, 3.63) is 211 Å². The van der Waals surface area contributed by atoms with Crippen molar-refractivity contribution in [3.63, 3.8) is 0 Å². The smallest absolute Gasteiger partial charge is 0.152 e. The minimum atomic E-state index is -0.0316. The third-order valence-electron chi connectivity index (χ3n) is 13.3. The van der Waals surface area contributed by atoms with Crippen LogP contribution in [0.2, 0.25) is 0 Å². The lowest BCUT2D eigenvalue weighted by Crippen LogP contribution is -2.24. The molecule has 1 aliphatic heterocycles. The molecule has 2 aliphatic carbocycles. The first-order valence-corrected chi connectivity index (χ1v) is 20.8. The summed E-state index contributed by atoms with van der Waals surface area (Å²) >= 11 is 0. The number of benzene rings is 9. The van der Waals surface area contributed by atoms with Crippen LogP contribution >= 0.6 is 0 Å². The van der Waals surface area contributed by atoms with E-state index in [1.165, 1.54) is 65.7 Å². The average molecular weight is 756 g/mol. The summed E-state index contributed by atoms with van der Waals surface area (Å²) < 4.78 is 6.71. The number of nitrogens with zero attached hydrogens (tertiary/aromatic N) is 1. The molecule has 12 rings (SSSR count). The van der Waals surface area contributed by atoms with E-state index >= 15 is 0 Å². The molecular formula is C57H41NO. The van der Waals surface area contributed by atoms with Crippen LogP contribution in [0, 0.1) is 5.92 Å². The largest absolute Gasteiger partial charge is 0.453 e. The lowest BCUT2D eigenvalue weighted by atomic mass is 9.74. The highest BCUT2D eigenvalue weighted by molar-refractivity contribution is 6.24. The monoisotopic (exact) mass is 755 g/mol. The molecule has 2 unspecified atom stereocenters. The zero-order chi connectivity index (χ0) is 39.2.